The van der Waals surface area contributed by atoms with Gasteiger partial charge in [0.2, 0.25) is 5.91 Å². The van der Waals surface area contributed by atoms with E-state index in [1.54, 1.807) is 6.92 Å². The molecule has 3 amide bonds. The summed E-state index contributed by atoms with van der Waals surface area (Å²) in [6.07, 6.45) is 0. The van der Waals surface area contributed by atoms with E-state index in [9.17, 15) is 22.8 Å². The molecule has 0 radical (unpaired) electrons. The van der Waals surface area contributed by atoms with Crippen LogP contribution in [0.3, 0.4) is 0 Å². The normalized spacial score (nSPS) is 13.0. The molecule has 0 aliphatic carbocycles. The third-order valence-electron chi connectivity index (χ3n) is 4.05. The maximum atomic E-state index is 14.5. The Bertz CT molecular complexity index is 964. The number of halogens is 3. The molecule has 1 heterocycles. The van der Waals surface area contributed by atoms with Crippen molar-refractivity contribution in [1.82, 2.24) is 5.01 Å². The number of carbonyl (C=O) groups is 2. The van der Waals surface area contributed by atoms with Gasteiger partial charge in [-0.1, -0.05) is 6.07 Å². The standard InChI is InChI=1S/C18H17F3N6O2/c1-3-25(16-8-7-12(9-15(16)21)22-11(2)28)18(29)27-10-26(23-24-27)17-13(19)5-4-6-14(17)20/h4-9H,3,10H2,1-2H3,(H,22,28). The van der Waals surface area contributed by atoms with Crippen molar-refractivity contribution in [3.63, 3.8) is 0 Å². The average molecular weight is 406 g/mol. The van der Waals surface area contributed by atoms with Gasteiger partial charge in [-0.05, 0) is 47.7 Å². The highest BCUT2D eigenvalue weighted by molar-refractivity contribution is 5.93. The largest absolute Gasteiger partial charge is 0.348 e. The summed E-state index contributed by atoms with van der Waals surface area (Å²) in [6.45, 7) is 2.66. The molecule has 0 saturated carbocycles. The fourth-order valence-electron chi connectivity index (χ4n) is 2.78. The van der Waals surface area contributed by atoms with Crippen molar-refractivity contribution < 1.29 is 22.8 Å². The molecule has 0 spiro atoms. The predicted octanol–water partition coefficient (Wildman–Crippen LogP) is 4.07. The van der Waals surface area contributed by atoms with Gasteiger partial charge in [0.05, 0.1) is 5.69 Å². The van der Waals surface area contributed by atoms with E-state index < -0.39 is 29.2 Å². The number of carbonyl (C=O) groups excluding carboxylic acids is 2. The Kier molecular flexibility index (Phi) is 5.66. The van der Waals surface area contributed by atoms with E-state index in [4.69, 9.17) is 0 Å². The van der Waals surface area contributed by atoms with Gasteiger partial charge >= 0.3 is 6.03 Å². The second-order valence-electron chi connectivity index (χ2n) is 6.06. The number of urea groups is 1. The maximum absolute atomic E-state index is 14.5. The van der Waals surface area contributed by atoms with Crippen molar-refractivity contribution in [1.29, 1.82) is 0 Å². The average Bonchev–Trinajstić information content (AvgIpc) is 3.13. The van der Waals surface area contributed by atoms with Gasteiger partial charge in [0.25, 0.3) is 0 Å². The van der Waals surface area contributed by atoms with E-state index in [0.29, 0.717) is 0 Å². The van der Waals surface area contributed by atoms with Crippen molar-refractivity contribution in [3.05, 3.63) is 53.8 Å². The van der Waals surface area contributed by atoms with Crippen LogP contribution < -0.4 is 15.2 Å². The van der Waals surface area contributed by atoms with E-state index in [-0.39, 0.29) is 30.5 Å². The molecule has 152 valence electrons. The zero-order valence-electron chi connectivity index (χ0n) is 15.6. The van der Waals surface area contributed by atoms with E-state index >= 15 is 0 Å². The molecule has 0 saturated heterocycles. The molecule has 29 heavy (non-hydrogen) atoms. The lowest BCUT2D eigenvalue weighted by Crippen LogP contribution is -2.42. The molecule has 0 bridgehead atoms. The van der Waals surface area contributed by atoms with Crippen LogP contribution in [0, 0.1) is 17.5 Å². The molecule has 2 aromatic carbocycles. The first-order chi connectivity index (χ1) is 13.8. The zero-order chi connectivity index (χ0) is 21.1. The fourth-order valence-corrected chi connectivity index (χ4v) is 2.78. The molecule has 0 fully saturated rings. The van der Waals surface area contributed by atoms with Crippen LogP contribution in [0.5, 0.6) is 0 Å². The number of anilines is 3. The van der Waals surface area contributed by atoms with E-state index in [1.165, 1.54) is 25.1 Å². The molecule has 0 unspecified atom stereocenters. The third kappa shape index (κ3) is 4.13. The zero-order valence-corrected chi connectivity index (χ0v) is 15.6. The molecule has 1 N–H and O–H groups in total. The summed E-state index contributed by atoms with van der Waals surface area (Å²) in [7, 11) is 0. The first-order valence-electron chi connectivity index (χ1n) is 8.61. The number of nitrogens with zero attached hydrogens (tertiary/aromatic N) is 5. The van der Waals surface area contributed by atoms with Crippen LogP contribution in [-0.2, 0) is 4.79 Å². The number of hydrogen-bond donors (Lipinski definition) is 1. The third-order valence-corrected chi connectivity index (χ3v) is 4.05. The SMILES string of the molecule is CCN(C(=O)N1CN(c2c(F)cccc2F)N=N1)c1ccc(NC(C)=O)cc1F. The monoisotopic (exact) mass is 406 g/mol. The number of benzene rings is 2. The molecule has 0 aromatic heterocycles. The fraction of sp³-hybridized carbons (Fsp3) is 0.222. The first-order valence-corrected chi connectivity index (χ1v) is 8.61. The summed E-state index contributed by atoms with van der Waals surface area (Å²) in [4.78, 5) is 25.0. The lowest BCUT2D eigenvalue weighted by atomic mass is 10.2. The van der Waals surface area contributed by atoms with E-state index in [2.05, 4.69) is 15.8 Å². The van der Waals surface area contributed by atoms with Crippen molar-refractivity contribution in [2.24, 2.45) is 10.4 Å². The summed E-state index contributed by atoms with van der Waals surface area (Å²) < 4.78 is 42.4. The second kappa shape index (κ2) is 8.17. The van der Waals surface area contributed by atoms with Crippen LogP contribution in [0.2, 0.25) is 0 Å². The van der Waals surface area contributed by atoms with Crippen molar-refractivity contribution >= 4 is 29.0 Å². The Hall–Kier alpha value is -3.63. The quantitative estimate of drug-likeness (QED) is 0.831. The lowest BCUT2D eigenvalue weighted by molar-refractivity contribution is -0.114. The van der Waals surface area contributed by atoms with Gasteiger partial charge < -0.3 is 5.32 Å². The van der Waals surface area contributed by atoms with Crippen LogP contribution in [-0.4, -0.2) is 30.2 Å². The first kappa shape index (κ1) is 20.1. The Balaban J connectivity index is 1.79. The van der Waals surface area contributed by atoms with Gasteiger partial charge in [-0.15, -0.1) is 0 Å². The number of amides is 3. The lowest BCUT2D eigenvalue weighted by Gasteiger charge is -2.25. The molecule has 3 rings (SSSR count). The van der Waals surface area contributed by atoms with Crippen LogP contribution >= 0.6 is 0 Å². The number of rotatable bonds is 4. The van der Waals surface area contributed by atoms with E-state index in [0.717, 1.165) is 33.1 Å². The minimum atomic E-state index is -0.856. The van der Waals surface area contributed by atoms with Crippen LogP contribution in [0.4, 0.5) is 35.0 Å². The van der Waals surface area contributed by atoms with Gasteiger partial charge in [-0.25, -0.2) is 23.0 Å². The predicted molar refractivity (Wildman–Crippen MR) is 99.5 cm³/mol. The summed E-state index contributed by atoms with van der Waals surface area (Å²) >= 11 is 0. The minimum Gasteiger partial charge on any atom is -0.326 e. The Morgan fingerprint density at radius 2 is 1.79 bits per heavy atom. The Morgan fingerprint density at radius 3 is 2.38 bits per heavy atom. The smallest absolute Gasteiger partial charge is 0.326 e. The van der Waals surface area contributed by atoms with Gasteiger partial charge in [-0.2, -0.15) is 5.01 Å². The summed E-state index contributed by atoms with van der Waals surface area (Å²) in [5.74, 6) is -2.81. The van der Waals surface area contributed by atoms with Gasteiger partial charge in [-0.3, -0.25) is 9.69 Å². The summed E-state index contributed by atoms with van der Waals surface area (Å²) in [6, 6.07) is 6.45. The molecule has 2 aromatic rings. The Labute approximate surface area is 164 Å². The number of nitrogens with one attached hydrogen (secondary N) is 1. The summed E-state index contributed by atoms with van der Waals surface area (Å²) in [5, 5.41) is 11.5. The van der Waals surface area contributed by atoms with Gasteiger partial charge in [0.1, 0.15) is 18.2 Å². The molecular weight excluding hydrogens is 389 g/mol. The molecule has 1 aliphatic rings. The van der Waals surface area contributed by atoms with Crippen molar-refractivity contribution in [2.75, 3.05) is 28.4 Å². The summed E-state index contributed by atoms with van der Waals surface area (Å²) in [5.41, 5.74) is -0.248. The van der Waals surface area contributed by atoms with Crippen LogP contribution in [0.15, 0.2) is 46.8 Å². The number of hydrogen-bond acceptors (Lipinski definition) is 5. The van der Waals surface area contributed by atoms with Crippen molar-refractivity contribution in [2.45, 2.75) is 13.8 Å². The van der Waals surface area contributed by atoms with Gasteiger partial charge in [0.15, 0.2) is 11.6 Å². The second-order valence-corrected chi connectivity index (χ2v) is 6.06. The van der Waals surface area contributed by atoms with Crippen molar-refractivity contribution in [3.8, 4) is 0 Å². The minimum absolute atomic E-state index is 0.0441. The highest BCUT2D eigenvalue weighted by Crippen LogP contribution is 2.28. The highest BCUT2D eigenvalue weighted by atomic mass is 19.1. The van der Waals surface area contributed by atoms with Gasteiger partial charge in [0, 0.05) is 19.2 Å². The molecular formula is C18H17F3N6O2. The maximum Gasteiger partial charge on any atom is 0.348 e. The highest BCUT2D eigenvalue weighted by Gasteiger charge is 2.31. The molecule has 11 heteroatoms. The van der Waals surface area contributed by atoms with E-state index in [1.807, 2.05) is 0 Å². The topological polar surface area (TPSA) is 80.6 Å². The van der Waals surface area contributed by atoms with Crippen LogP contribution in [0.1, 0.15) is 13.8 Å². The molecule has 8 nitrogen and oxygen atoms in total. The Morgan fingerprint density at radius 1 is 1.10 bits per heavy atom. The van der Waals surface area contributed by atoms with Crippen LogP contribution in [0.25, 0.3) is 0 Å². The number of para-hydroxylation sites is 1. The molecule has 1 aliphatic heterocycles. The molecule has 0 atom stereocenters.